The Labute approximate surface area is 250 Å². The number of nitrogens with one attached hydrogen (secondary N) is 1. The van der Waals surface area contributed by atoms with E-state index in [1.807, 2.05) is 42.5 Å². The van der Waals surface area contributed by atoms with Gasteiger partial charge in [-0.05, 0) is 61.2 Å². The molecule has 6 rings (SSSR count). The van der Waals surface area contributed by atoms with Crippen molar-refractivity contribution in [3.8, 4) is 17.2 Å². The van der Waals surface area contributed by atoms with Gasteiger partial charge in [0.1, 0.15) is 35.5 Å². The van der Waals surface area contributed by atoms with Gasteiger partial charge in [-0.1, -0.05) is 30.3 Å². The first-order valence-electron chi connectivity index (χ1n) is 14.8. The van der Waals surface area contributed by atoms with Crippen LogP contribution in [-0.2, 0) is 24.4 Å². The summed E-state index contributed by atoms with van der Waals surface area (Å²) >= 11 is 0. The van der Waals surface area contributed by atoms with Crippen LogP contribution >= 0.6 is 0 Å². The number of phenols is 1. The van der Waals surface area contributed by atoms with Gasteiger partial charge in [-0.25, -0.2) is 8.78 Å². The quantitative estimate of drug-likeness (QED) is 0.328. The summed E-state index contributed by atoms with van der Waals surface area (Å²) in [6.45, 7) is 3.87. The maximum atomic E-state index is 14.0. The van der Waals surface area contributed by atoms with Crippen molar-refractivity contribution in [3.63, 3.8) is 0 Å². The summed E-state index contributed by atoms with van der Waals surface area (Å²) in [7, 11) is 2.11. The third-order valence-electron chi connectivity index (χ3n) is 8.38. The highest BCUT2D eigenvalue weighted by molar-refractivity contribution is 6.00. The fourth-order valence-electron chi connectivity index (χ4n) is 5.96. The lowest BCUT2D eigenvalue weighted by molar-refractivity contribution is 0.0742. The molecule has 3 heterocycles. The number of likely N-dealkylation sites (tertiary alicyclic amines) is 1. The van der Waals surface area contributed by atoms with Crippen LogP contribution in [-0.4, -0.2) is 66.3 Å². The lowest BCUT2D eigenvalue weighted by Gasteiger charge is -2.29. The average Bonchev–Trinajstić information content (AvgIpc) is 3.67. The van der Waals surface area contributed by atoms with Gasteiger partial charge < -0.3 is 34.4 Å². The Kier molecular flexibility index (Phi) is 8.67. The molecule has 0 unspecified atom stereocenters. The zero-order chi connectivity index (χ0) is 29.9. The number of rotatable bonds is 9. The summed E-state index contributed by atoms with van der Waals surface area (Å²) < 4.78 is 45.2. The van der Waals surface area contributed by atoms with Gasteiger partial charge in [0.25, 0.3) is 12.3 Å². The van der Waals surface area contributed by atoms with Crippen molar-refractivity contribution >= 4 is 11.6 Å². The number of hydrogen-bond donors (Lipinski definition) is 2. The molecule has 10 heteroatoms. The highest BCUT2D eigenvalue weighted by Gasteiger charge is 2.33. The minimum Gasteiger partial charge on any atom is -0.507 e. The lowest BCUT2D eigenvalue weighted by atomic mass is 10.1. The number of nitrogens with zero attached hydrogens (tertiary/aromatic N) is 2. The number of alkyl halides is 2. The minimum absolute atomic E-state index is 0.0582. The average molecular weight is 594 g/mol. The zero-order valence-electron chi connectivity index (χ0n) is 24.2. The summed E-state index contributed by atoms with van der Waals surface area (Å²) in [6.07, 6.45) is 0.0463. The summed E-state index contributed by atoms with van der Waals surface area (Å²) in [5.41, 5.74) is 3.06. The van der Waals surface area contributed by atoms with Crippen LogP contribution in [0.5, 0.6) is 17.2 Å². The van der Waals surface area contributed by atoms with Crippen molar-refractivity contribution in [3.05, 3.63) is 82.4 Å². The predicted molar refractivity (Wildman–Crippen MR) is 158 cm³/mol. The maximum Gasteiger partial charge on any atom is 0.264 e. The fraction of sp³-hybridized carbons (Fsp3) is 0.424. The number of amides is 1. The molecular formula is C33H37F2N3O5. The van der Waals surface area contributed by atoms with Crippen molar-refractivity contribution < 1.29 is 32.9 Å². The molecule has 1 amide bonds. The van der Waals surface area contributed by atoms with Crippen molar-refractivity contribution in [2.45, 2.75) is 57.5 Å². The molecule has 3 aliphatic heterocycles. The Hall–Kier alpha value is -3.89. The second-order valence-electron chi connectivity index (χ2n) is 11.6. The van der Waals surface area contributed by atoms with E-state index < -0.39 is 23.6 Å². The number of fused-ring (bicyclic) bond motifs is 1. The monoisotopic (exact) mass is 593 g/mol. The van der Waals surface area contributed by atoms with Gasteiger partial charge in [-0.2, -0.15) is 0 Å². The maximum absolute atomic E-state index is 14.0. The Morgan fingerprint density at radius 1 is 1.09 bits per heavy atom. The van der Waals surface area contributed by atoms with E-state index in [2.05, 4.69) is 17.3 Å². The van der Waals surface area contributed by atoms with Crippen LogP contribution in [0.15, 0.2) is 54.6 Å². The Bertz CT molecular complexity index is 1440. The van der Waals surface area contributed by atoms with Gasteiger partial charge in [0.05, 0.1) is 12.6 Å². The van der Waals surface area contributed by atoms with E-state index in [0.717, 1.165) is 72.6 Å². The Morgan fingerprint density at radius 3 is 2.60 bits per heavy atom. The molecule has 0 saturated carbocycles. The lowest BCUT2D eigenvalue weighted by Crippen LogP contribution is -2.35. The molecule has 0 aliphatic carbocycles. The van der Waals surface area contributed by atoms with Gasteiger partial charge in [-0.3, -0.25) is 4.79 Å². The second kappa shape index (κ2) is 12.8. The van der Waals surface area contributed by atoms with E-state index in [-0.39, 0.29) is 43.2 Å². The van der Waals surface area contributed by atoms with Gasteiger partial charge in [-0.15, -0.1) is 0 Å². The number of carbonyl (C=O) groups excluding carboxylic acids is 1. The molecule has 2 fully saturated rings. The Morgan fingerprint density at radius 2 is 1.88 bits per heavy atom. The van der Waals surface area contributed by atoms with Crippen LogP contribution < -0.4 is 14.8 Å². The first-order chi connectivity index (χ1) is 20.8. The molecule has 8 nitrogen and oxygen atoms in total. The number of carbonyl (C=O) groups is 1. The number of ether oxygens (including phenoxy) is 3. The minimum atomic E-state index is -2.83. The van der Waals surface area contributed by atoms with Crippen LogP contribution in [0.2, 0.25) is 0 Å². The number of piperidine rings is 1. The molecule has 3 aliphatic rings. The molecule has 0 aromatic heterocycles. The molecule has 2 N–H and O–H groups in total. The molecule has 0 radical (unpaired) electrons. The van der Waals surface area contributed by atoms with E-state index in [1.165, 1.54) is 0 Å². The van der Waals surface area contributed by atoms with Crippen LogP contribution in [0.4, 0.5) is 14.5 Å². The molecular weight excluding hydrogens is 556 g/mol. The van der Waals surface area contributed by atoms with Crippen LogP contribution in [0, 0.1) is 0 Å². The van der Waals surface area contributed by atoms with Crippen molar-refractivity contribution in [2.75, 3.05) is 38.7 Å². The van der Waals surface area contributed by atoms with Crippen molar-refractivity contribution in [1.29, 1.82) is 0 Å². The number of aromatic hydroxyl groups is 1. The Balaban J connectivity index is 1.27. The van der Waals surface area contributed by atoms with Crippen LogP contribution in [0.3, 0.4) is 0 Å². The normalized spacial score (nSPS) is 19.1. The van der Waals surface area contributed by atoms with E-state index in [1.54, 1.807) is 4.90 Å². The standard InChI is InChI=1S/C33H37F2N3O5/c1-37-10-7-25(8-11-37)43-26-13-23-17-38(18-27(23)28(16-26)36-24-9-12-41-20-24)33(40)31-29(39)14-22(32(34)35)15-30(31)42-19-21-5-3-2-4-6-21/h2-6,13-16,24-25,32,36,39H,7-12,17-20H2,1H3/t24-/m1/s1. The molecule has 0 spiro atoms. The third kappa shape index (κ3) is 6.70. The molecule has 43 heavy (non-hydrogen) atoms. The highest BCUT2D eigenvalue weighted by Crippen LogP contribution is 2.40. The summed E-state index contributed by atoms with van der Waals surface area (Å²) in [5, 5.41) is 14.4. The molecule has 0 bridgehead atoms. The number of halogens is 2. The summed E-state index contributed by atoms with van der Waals surface area (Å²) in [5.74, 6) is -0.354. The van der Waals surface area contributed by atoms with E-state index >= 15 is 0 Å². The fourth-order valence-corrected chi connectivity index (χ4v) is 5.96. The molecule has 1 atom stereocenters. The SMILES string of the molecule is CN1CCC(Oc2cc3c(c(N[C@@H]4CCOC4)c2)CN(C(=O)c2c(O)cc(C(F)F)cc2OCc2ccccc2)C3)CC1. The van der Waals surface area contributed by atoms with E-state index in [4.69, 9.17) is 14.2 Å². The molecule has 228 valence electrons. The summed E-state index contributed by atoms with van der Waals surface area (Å²) in [6, 6.07) is 15.4. The van der Waals surface area contributed by atoms with Gasteiger partial charge in [0.2, 0.25) is 0 Å². The van der Waals surface area contributed by atoms with Crippen molar-refractivity contribution in [2.24, 2.45) is 0 Å². The number of hydrogen-bond acceptors (Lipinski definition) is 7. The topological polar surface area (TPSA) is 83.5 Å². The van der Waals surface area contributed by atoms with Crippen LogP contribution in [0.1, 0.15) is 58.3 Å². The number of benzene rings is 3. The molecule has 2 saturated heterocycles. The smallest absolute Gasteiger partial charge is 0.264 e. The van der Waals surface area contributed by atoms with Gasteiger partial charge in [0.15, 0.2) is 0 Å². The van der Waals surface area contributed by atoms with E-state index in [9.17, 15) is 18.7 Å². The van der Waals surface area contributed by atoms with Gasteiger partial charge in [0, 0.05) is 50.1 Å². The van der Waals surface area contributed by atoms with Gasteiger partial charge >= 0.3 is 0 Å². The number of anilines is 1. The molecule has 3 aromatic carbocycles. The third-order valence-corrected chi connectivity index (χ3v) is 8.38. The second-order valence-corrected chi connectivity index (χ2v) is 11.6. The zero-order valence-corrected chi connectivity index (χ0v) is 24.2. The number of phenolic OH excluding ortho intramolecular Hbond substituents is 1. The summed E-state index contributed by atoms with van der Waals surface area (Å²) in [4.78, 5) is 17.9. The first-order valence-corrected chi connectivity index (χ1v) is 14.8. The van der Waals surface area contributed by atoms with Crippen molar-refractivity contribution in [1.82, 2.24) is 9.80 Å². The molecule has 3 aromatic rings. The first kappa shape index (κ1) is 29.2. The highest BCUT2D eigenvalue weighted by atomic mass is 19.3. The van der Waals surface area contributed by atoms with Crippen LogP contribution in [0.25, 0.3) is 0 Å². The largest absolute Gasteiger partial charge is 0.507 e. The van der Waals surface area contributed by atoms with E-state index in [0.29, 0.717) is 13.2 Å². The predicted octanol–water partition coefficient (Wildman–Crippen LogP) is 5.74.